The Labute approximate surface area is 80.0 Å². The summed E-state index contributed by atoms with van der Waals surface area (Å²) in [6.07, 6.45) is -3.82. The van der Waals surface area contributed by atoms with Crippen LogP contribution in [-0.4, -0.2) is 36.1 Å². The van der Waals surface area contributed by atoms with Crippen LogP contribution in [0.3, 0.4) is 0 Å². The Bertz CT molecular complexity index is 229. The summed E-state index contributed by atoms with van der Waals surface area (Å²) in [5.41, 5.74) is 5.39. The highest BCUT2D eigenvalue weighted by Gasteiger charge is 2.44. The molecule has 1 aliphatic rings. The third kappa shape index (κ3) is 2.87. The second-order valence-corrected chi connectivity index (χ2v) is 3.47. The molecular formula is C8H13F3N2O. The number of carbonyl (C=O) groups excluding carboxylic acids is 1. The molecule has 1 fully saturated rings. The molecule has 2 unspecified atom stereocenters. The van der Waals surface area contributed by atoms with E-state index in [0.29, 0.717) is 6.42 Å². The maximum atomic E-state index is 12.0. The number of nitrogens with zero attached hydrogens (tertiary/aromatic N) is 1. The molecule has 0 aromatic rings. The van der Waals surface area contributed by atoms with Gasteiger partial charge >= 0.3 is 6.18 Å². The third-order valence-electron chi connectivity index (χ3n) is 2.22. The number of amides is 1. The molecule has 82 valence electrons. The van der Waals surface area contributed by atoms with Crippen LogP contribution >= 0.6 is 0 Å². The van der Waals surface area contributed by atoms with Gasteiger partial charge in [-0.15, -0.1) is 0 Å². The van der Waals surface area contributed by atoms with Crippen molar-refractivity contribution in [3.8, 4) is 0 Å². The van der Waals surface area contributed by atoms with E-state index in [-0.39, 0.29) is 12.6 Å². The van der Waals surface area contributed by atoms with Crippen molar-refractivity contribution in [2.24, 2.45) is 11.7 Å². The highest BCUT2D eigenvalue weighted by atomic mass is 19.4. The maximum Gasteiger partial charge on any atom is 0.406 e. The van der Waals surface area contributed by atoms with Gasteiger partial charge in [-0.05, 0) is 13.3 Å². The lowest BCUT2D eigenvalue weighted by atomic mass is 10.3. The first-order valence-corrected chi connectivity index (χ1v) is 4.46. The second-order valence-electron chi connectivity index (χ2n) is 3.47. The Morgan fingerprint density at radius 1 is 1.57 bits per heavy atom. The summed E-state index contributed by atoms with van der Waals surface area (Å²) >= 11 is 0. The Kier molecular flexibility index (Phi) is 3.04. The molecule has 2 N–H and O–H groups in total. The van der Waals surface area contributed by atoms with Crippen LogP contribution in [0.15, 0.2) is 0 Å². The van der Waals surface area contributed by atoms with Gasteiger partial charge in [0.25, 0.3) is 0 Å². The lowest BCUT2D eigenvalue weighted by Gasteiger charge is -2.22. The highest BCUT2D eigenvalue weighted by Crippen LogP contribution is 2.30. The van der Waals surface area contributed by atoms with Crippen LogP contribution < -0.4 is 5.73 Å². The summed E-state index contributed by atoms with van der Waals surface area (Å²) < 4.78 is 36.0. The van der Waals surface area contributed by atoms with E-state index < -0.39 is 24.5 Å². The third-order valence-corrected chi connectivity index (χ3v) is 2.22. The van der Waals surface area contributed by atoms with Crippen molar-refractivity contribution in [3.05, 3.63) is 0 Å². The van der Waals surface area contributed by atoms with Gasteiger partial charge in [0, 0.05) is 12.6 Å². The zero-order valence-corrected chi connectivity index (χ0v) is 7.84. The van der Waals surface area contributed by atoms with Crippen molar-refractivity contribution >= 4 is 5.91 Å². The van der Waals surface area contributed by atoms with Gasteiger partial charge in [-0.2, -0.15) is 13.2 Å². The van der Waals surface area contributed by atoms with Gasteiger partial charge in [0.2, 0.25) is 5.91 Å². The van der Waals surface area contributed by atoms with Gasteiger partial charge in [-0.25, -0.2) is 0 Å². The first-order valence-electron chi connectivity index (χ1n) is 4.46. The minimum absolute atomic E-state index is 0.0710. The summed E-state index contributed by atoms with van der Waals surface area (Å²) in [4.78, 5) is 12.2. The molecule has 3 nitrogen and oxygen atoms in total. The number of hydrogen-bond donors (Lipinski definition) is 1. The van der Waals surface area contributed by atoms with E-state index >= 15 is 0 Å². The van der Waals surface area contributed by atoms with Crippen LogP contribution in [0.25, 0.3) is 0 Å². The molecule has 6 heteroatoms. The van der Waals surface area contributed by atoms with Crippen molar-refractivity contribution < 1.29 is 18.0 Å². The molecule has 0 bridgehead atoms. The van der Waals surface area contributed by atoms with Gasteiger partial charge in [-0.1, -0.05) is 0 Å². The Morgan fingerprint density at radius 2 is 2.07 bits per heavy atom. The number of alkyl halides is 3. The molecule has 0 radical (unpaired) electrons. The number of rotatable bonds is 3. The molecular weight excluding hydrogens is 197 g/mol. The molecule has 1 rings (SSSR count). The largest absolute Gasteiger partial charge is 0.406 e. The summed E-state index contributed by atoms with van der Waals surface area (Å²) in [5.74, 6) is -0.866. The Balaban J connectivity index is 2.49. The fourth-order valence-corrected chi connectivity index (χ4v) is 1.30. The first kappa shape index (κ1) is 11.3. The van der Waals surface area contributed by atoms with Crippen molar-refractivity contribution in [2.75, 3.05) is 13.1 Å². The van der Waals surface area contributed by atoms with Crippen molar-refractivity contribution in [3.63, 3.8) is 0 Å². The first-order chi connectivity index (χ1) is 6.35. The average Bonchev–Trinajstić information content (AvgIpc) is 2.75. The second kappa shape index (κ2) is 3.76. The highest BCUT2D eigenvalue weighted by molar-refractivity contribution is 5.82. The van der Waals surface area contributed by atoms with Crippen molar-refractivity contribution in [1.82, 2.24) is 4.90 Å². The molecule has 0 aliphatic heterocycles. The topological polar surface area (TPSA) is 46.3 Å². The van der Waals surface area contributed by atoms with Gasteiger partial charge in [0.15, 0.2) is 0 Å². The molecule has 1 saturated carbocycles. The van der Waals surface area contributed by atoms with Crippen LogP contribution in [0.5, 0.6) is 0 Å². The Hall–Kier alpha value is -0.780. The summed E-state index contributed by atoms with van der Waals surface area (Å²) in [6, 6.07) is -0.246. The molecule has 14 heavy (non-hydrogen) atoms. The van der Waals surface area contributed by atoms with Crippen LogP contribution in [0.1, 0.15) is 13.3 Å². The smallest absolute Gasteiger partial charge is 0.334 e. The lowest BCUT2D eigenvalue weighted by molar-refractivity contribution is -0.161. The molecule has 0 saturated heterocycles. The van der Waals surface area contributed by atoms with Crippen molar-refractivity contribution in [1.29, 1.82) is 0 Å². The lowest BCUT2D eigenvalue weighted by Crippen LogP contribution is -2.40. The number of nitrogens with two attached hydrogens (primary N) is 1. The molecule has 0 aromatic carbocycles. The molecule has 2 atom stereocenters. The van der Waals surface area contributed by atoms with E-state index in [2.05, 4.69) is 0 Å². The van der Waals surface area contributed by atoms with Gasteiger partial charge in [-0.3, -0.25) is 4.79 Å². The Morgan fingerprint density at radius 3 is 2.36 bits per heavy atom. The SMILES string of the molecule is CCN(CC(F)(F)F)C(=O)C1CC1N. The fraction of sp³-hybridized carbons (Fsp3) is 0.875. The van der Waals surface area contributed by atoms with Crippen molar-refractivity contribution in [2.45, 2.75) is 25.6 Å². The van der Waals surface area contributed by atoms with Gasteiger partial charge < -0.3 is 10.6 Å². The van der Waals surface area contributed by atoms with E-state index in [4.69, 9.17) is 5.73 Å². The summed E-state index contributed by atoms with van der Waals surface area (Å²) in [5, 5.41) is 0. The van der Waals surface area contributed by atoms with E-state index in [1.807, 2.05) is 0 Å². The van der Waals surface area contributed by atoms with Gasteiger partial charge in [0.1, 0.15) is 6.54 Å². The molecule has 0 aromatic heterocycles. The fourth-order valence-electron chi connectivity index (χ4n) is 1.30. The summed E-state index contributed by atoms with van der Waals surface area (Å²) in [7, 11) is 0. The normalized spacial score (nSPS) is 26.1. The molecule has 1 amide bonds. The van der Waals surface area contributed by atoms with Crippen LogP contribution in [0.2, 0.25) is 0 Å². The van der Waals surface area contributed by atoms with E-state index in [9.17, 15) is 18.0 Å². The van der Waals surface area contributed by atoms with E-state index in [1.54, 1.807) is 0 Å². The van der Waals surface area contributed by atoms with Crippen LogP contribution in [0.4, 0.5) is 13.2 Å². The zero-order chi connectivity index (χ0) is 10.9. The van der Waals surface area contributed by atoms with E-state index in [1.165, 1.54) is 6.92 Å². The predicted octanol–water partition coefficient (Wildman–Crippen LogP) is 0.744. The predicted molar refractivity (Wildman–Crippen MR) is 44.4 cm³/mol. The minimum atomic E-state index is -4.33. The monoisotopic (exact) mass is 210 g/mol. The average molecular weight is 210 g/mol. The number of halogens is 3. The number of carbonyl (C=O) groups is 1. The molecule has 0 heterocycles. The number of hydrogen-bond acceptors (Lipinski definition) is 2. The maximum absolute atomic E-state index is 12.0. The molecule has 0 spiro atoms. The standard InChI is InChI=1S/C8H13F3N2O/c1-2-13(4-8(9,10)11)7(14)5-3-6(5)12/h5-6H,2-4,12H2,1H3. The van der Waals surface area contributed by atoms with Crippen LogP contribution in [0, 0.1) is 5.92 Å². The quantitative estimate of drug-likeness (QED) is 0.747. The van der Waals surface area contributed by atoms with Gasteiger partial charge in [0.05, 0.1) is 5.92 Å². The zero-order valence-electron chi connectivity index (χ0n) is 7.84. The summed E-state index contributed by atoms with van der Waals surface area (Å²) in [6.45, 7) is 0.421. The van der Waals surface area contributed by atoms with Crippen LogP contribution in [-0.2, 0) is 4.79 Å². The van der Waals surface area contributed by atoms with E-state index in [0.717, 1.165) is 4.90 Å². The minimum Gasteiger partial charge on any atom is -0.334 e. The molecule has 1 aliphatic carbocycles.